The van der Waals surface area contributed by atoms with Gasteiger partial charge in [-0.2, -0.15) is 0 Å². The molecule has 126 valence electrons. The average molecular weight is 363 g/mol. The Balaban J connectivity index is 1.79. The highest BCUT2D eigenvalue weighted by atomic mass is 35.5. The number of benzene rings is 1. The van der Waals surface area contributed by atoms with Crippen LogP contribution in [0, 0.1) is 11.7 Å². The van der Waals surface area contributed by atoms with Crippen molar-refractivity contribution in [1.29, 1.82) is 0 Å². The van der Waals surface area contributed by atoms with Crippen LogP contribution in [0.25, 0.3) is 0 Å². The first-order valence-corrected chi connectivity index (χ1v) is 9.18. The summed E-state index contributed by atoms with van der Waals surface area (Å²) in [6, 6.07) is 4.08. The zero-order chi connectivity index (χ0) is 17.0. The van der Waals surface area contributed by atoms with Gasteiger partial charge in [0, 0.05) is 17.0 Å². The van der Waals surface area contributed by atoms with Crippen molar-refractivity contribution in [3.05, 3.63) is 34.6 Å². The fourth-order valence-corrected chi connectivity index (χ4v) is 4.48. The van der Waals surface area contributed by atoms with Gasteiger partial charge >= 0.3 is 0 Å². The SMILES string of the molecule is O=C(Cc1c(F)cccc1Cl)NNC(=O)C[C@@H]1CCS(=O)(=O)C1. The standard InChI is InChI=1S/C14H16ClFN2O4S/c15-11-2-1-3-12(16)10(11)7-14(20)18-17-13(19)6-9-4-5-23(21,22)8-9/h1-3,9H,4-8H2,(H,17,19)(H,18,20)/t9-/m0/s1. The van der Waals surface area contributed by atoms with E-state index < -0.39 is 27.5 Å². The van der Waals surface area contributed by atoms with Gasteiger partial charge in [0.1, 0.15) is 5.82 Å². The Bertz CT molecular complexity index is 703. The lowest BCUT2D eigenvalue weighted by molar-refractivity contribution is -0.129. The number of halogens is 2. The third-order valence-electron chi connectivity index (χ3n) is 3.54. The van der Waals surface area contributed by atoms with Gasteiger partial charge in [-0.05, 0) is 24.5 Å². The summed E-state index contributed by atoms with van der Waals surface area (Å²) >= 11 is 5.81. The van der Waals surface area contributed by atoms with Crippen LogP contribution in [0.1, 0.15) is 18.4 Å². The highest BCUT2D eigenvalue weighted by Crippen LogP contribution is 2.21. The lowest BCUT2D eigenvalue weighted by Crippen LogP contribution is -2.43. The molecule has 23 heavy (non-hydrogen) atoms. The summed E-state index contributed by atoms with van der Waals surface area (Å²) in [5.74, 6) is -1.88. The maximum Gasteiger partial charge on any atom is 0.242 e. The van der Waals surface area contributed by atoms with Crippen molar-refractivity contribution in [2.45, 2.75) is 19.3 Å². The van der Waals surface area contributed by atoms with Gasteiger partial charge < -0.3 is 0 Å². The van der Waals surface area contributed by atoms with E-state index in [9.17, 15) is 22.4 Å². The number of hydrogen-bond acceptors (Lipinski definition) is 4. The Morgan fingerprint density at radius 1 is 1.26 bits per heavy atom. The minimum absolute atomic E-state index is 0.0139. The maximum atomic E-state index is 13.5. The van der Waals surface area contributed by atoms with E-state index in [-0.39, 0.29) is 40.9 Å². The molecule has 1 aromatic carbocycles. The molecule has 6 nitrogen and oxygen atoms in total. The molecule has 0 saturated carbocycles. The fraction of sp³-hybridized carbons (Fsp3) is 0.429. The van der Waals surface area contributed by atoms with E-state index in [4.69, 9.17) is 11.6 Å². The van der Waals surface area contributed by atoms with Crippen molar-refractivity contribution >= 4 is 33.3 Å². The zero-order valence-electron chi connectivity index (χ0n) is 12.1. The number of carbonyl (C=O) groups is 2. The van der Waals surface area contributed by atoms with Crippen molar-refractivity contribution in [2.75, 3.05) is 11.5 Å². The summed E-state index contributed by atoms with van der Waals surface area (Å²) in [5, 5.41) is 0.127. The van der Waals surface area contributed by atoms with E-state index in [1.165, 1.54) is 18.2 Å². The molecular formula is C14H16ClFN2O4S. The Hall–Kier alpha value is -1.67. The summed E-state index contributed by atoms with van der Waals surface area (Å²) in [6.07, 6.45) is 0.137. The lowest BCUT2D eigenvalue weighted by atomic mass is 10.1. The molecule has 0 aromatic heterocycles. The fourth-order valence-electron chi connectivity index (χ4n) is 2.39. The predicted octanol–water partition coefficient (Wildman–Crippen LogP) is 0.994. The first-order valence-electron chi connectivity index (χ1n) is 6.98. The molecule has 0 spiro atoms. The summed E-state index contributed by atoms with van der Waals surface area (Å²) < 4.78 is 36.2. The molecule has 1 aromatic rings. The second-order valence-electron chi connectivity index (χ2n) is 5.45. The van der Waals surface area contributed by atoms with E-state index in [0.717, 1.165) is 0 Å². The molecule has 2 N–H and O–H groups in total. The molecule has 0 aliphatic carbocycles. The van der Waals surface area contributed by atoms with Gasteiger partial charge in [0.25, 0.3) is 0 Å². The second kappa shape index (κ2) is 7.27. The molecule has 1 aliphatic rings. The molecule has 1 aliphatic heterocycles. The molecule has 2 amide bonds. The van der Waals surface area contributed by atoms with Crippen molar-refractivity contribution in [2.24, 2.45) is 5.92 Å². The highest BCUT2D eigenvalue weighted by molar-refractivity contribution is 7.91. The Kier molecular flexibility index (Phi) is 5.59. The quantitative estimate of drug-likeness (QED) is 0.781. The first-order chi connectivity index (χ1) is 10.8. The zero-order valence-corrected chi connectivity index (χ0v) is 13.7. The van der Waals surface area contributed by atoms with E-state index in [2.05, 4.69) is 10.9 Å². The third-order valence-corrected chi connectivity index (χ3v) is 5.73. The number of sulfone groups is 1. The molecule has 1 saturated heterocycles. The van der Waals surface area contributed by atoms with Crippen LogP contribution >= 0.6 is 11.6 Å². The second-order valence-corrected chi connectivity index (χ2v) is 8.08. The van der Waals surface area contributed by atoms with E-state index >= 15 is 0 Å². The normalized spacial score (nSPS) is 19.3. The third kappa shape index (κ3) is 5.18. The minimum Gasteiger partial charge on any atom is -0.273 e. The monoisotopic (exact) mass is 362 g/mol. The minimum atomic E-state index is -3.05. The van der Waals surface area contributed by atoms with Crippen LogP contribution in [-0.4, -0.2) is 31.7 Å². The van der Waals surface area contributed by atoms with Gasteiger partial charge in [0.15, 0.2) is 9.84 Å². The molecule has 9 heteroatoms. The number of amides is 2. The van der Waals surface area contributed by atoms with Crippen molar-refractivity contribution in [1.82, 2.24) is 10.9 Å². The molecule has 2 rings (SSSR count). The van der Waals surface area contributed by atoms with Crippen LogP contribution in [0.2, 0.25) is 5.02 Å². The van der Waals surface area contributed by atoms with Gasteiger partial charge in [-0.1, -0.05) is 17.7 Å². The van der Waals surface area contributed by atoms with Crippen LogP contribution in [0.15, 0.2) is 18.2 Å². The number of rotatable bonds is 4. The summed E-state index contributed by atoms with van der Waals surface area (Å²) in [5.41, 5.74) is 4.41. The molecule has 0 radical (unpaired) electrons. The largest absolute Gasteiger partial charge is 0.273 e. The van der Waals surface area contributed by atoms with Crippen LogP contribution in [0.5, 0.6) is 0 Å². The summed E-state index contributed by atoms with van der Waals surface area (Å²) in [6.45, 7) is 0. The molecule has 0 unspecified atom stereocenters. The van der Waals surface area contributed by atoms with Crippen LogP contribution in [0.4, 0.5) is 4.39 Å². The molecular weight excluding hydrogens is 347 g/mol. The van der Waals surface area contributed by atoms with Gasteiger partial charge in [0.05, 0.1) is 17.9 Å². The van der Waals surface area contributed by atoms with Crippen molar-refractivity contribution in [3.8, 4) is 0 Å². The van der Waals surface area contributed by atoms with Crippen molar-refractivity contribution < 1.29 is 22.4 Å². The first kappa shape index (κ1) is 17.7. The molecule has 1 fully saturated rings. The van der Waals surface area contributed by atoms with Gasteiger partial charge in [-0.3, -0.25) is 20.4 Å². The van der Waals surface area contributed by atoms with Crippen molar-refractivity contribution in [3.63, 3.8) is 0 Å². The smallest absolute Gasteiger partial charge is 0.242 e. The Morgan fingerprint density at radius 3 is 2.57 bits per heavy atom. The molecule has 1 atom stereocenters. The van der Waals surface area contributed by atoms with Crippen LogP contribution in [0.3, 0.4) is 0 Å². The summed E-state index contributed by atoms with van der Waals surface area (Å²) in [7, 11) is -3.05. The topological polar surface area (TPSA) is 92.3 Å². The number of hydrazine groups is 1. The number of hydrogen-bond donors (Lipinski definition) is 2. The van der Waals surface area contributed by atoms with E-state index in [0.29, 0.717) is 6.42 Å². The highest BCUT2D eigenvalue weighted by Gasteiger charge is 2.29. The maximum absolute atomic E-state index is 13.5. The lowest BCUT2D eigenvalue weighted by Gasteiger charge is -2.10. The van der Waals surface area contributed by atoms with Gasteiger partial charge in [-0.25, -0.2) is 12.8 Å². The molecule has 0 bridgehead atoms. The van der Waals surface area contributed by atoms with Gasteiger partial charge in [-0.15, -0.1) is 0 Å². The van der Waals surface area contributed by atoms with Crippen LogP contribution < -0.4 is 10.9 Å². The summed E-state index contributed by atoms with van der Waals surface area (Å²) in [4.78, 5) is 23.4. The van der Waals surface area contributed by atoms with Crippen LogP contribution in [-0.2, 0) is 25.8 Å². The molecule has 1 heterocycles. The number of nitrogens with one attached hydrogen (secondary N) is 2. The average Bonchev–Trinajstić information content (AvgIpc) is 2.80. The van der Waals surface area contributed by atoms with E-state index in [1.54, 1.807) is 0 Å². The van der Waals surface area contributed by atoms with E-state index in [1.807, 2.05) is 0 Å². The predicted molar refractivity (Wildman–Crippen MR) is 82.8 cm³/mol. The Labute approximate surface area is 138 Å². The van der Waals surface area contributed by atoms with Gasteiger partial charge in [0.2, 0.25) is 11.8 Å². The Morgan fingerprint density at radius 2 is 1.96 bits per heavy atom. The number of carbonyl (C=O) groups excluding carboxylic acids is 2.